The van der Waals surface area contributed by atoms with Crippen LogP contribution in [0.4, 0.5) is 14.9 Å². The number of amides is 3. The first-order valence-corrected chi connectivity index (χ1v) is 14.2. The number of ether oxygens (including phenoxy) is 1. The predicted molar refractivity (Wildman–Crippen MR) is 160 cm³/mol. The molecule has 0 bridgehead atoms. The van der Waals surface area contributed by atoms with E-state index in [-0.39, 0.29) is 23.0 Å². The minimum Gasteiger partial charge on any atom is -0.496 e. The number of hydrogen-bond acceptors (Lipinski definition) is 4. The SMILES string of the molecule is COc1ccccc1C=CCN(CCN1CCN(C(=O)Nc2ccccc2F)CC1)C(=O)CC(C)CC(C)(C)C. The van der Waals surface area contributed by atoms with Gasteiger partial charge in [-0.15, -0.1) is 0 Å². The Bertz CT molecular complexity index is 1140. The third-order valence-electron chi connectivity index (χ3n) is 7.06. The summed E-state index contributed by atoms with van der Waals surface area (Å²) < 4.78 is 19.4. The number of carbonyl (C=O) groups is 2. The Balaban J connectivity index is 1.56. The molecule has 0 aromatic heterocycles. The third kappa shape index (κ3) is 9.97. The van der Waals surface area contributed by atoms with Crippen molar-refractivity contribution in [2.75, 3.05) is 58.2 Å². The lowest BCUT2D eigenvalue weighted by atomic mass is 9.84. The van der Waals surface area contributed by atoms with Gasteiger partial charge in [-0.05, 0) is 36.0 Å². The standard InChI is InChI=1S/C32H45FN4O3/c1-25(24-32(2,3)4)23-30(38)36(16-10-12-26-11-6-9-15-29(26)40-5)20-17-35-18-21-37(22-19-35)31(39)34-28-14-8-7-13-27(28)33/h6-15,25H,16-24H2,1-5H3,(H,34,39). The van der Waals surface area contributed by atoms with Gasteiger partial charge in [0.15, 0.2) is 0 Å². The molecule has 218 valence electrons. The molecule has 0 radical (unpaired) electrons. The first-order valence-electron chi connectivity index (χ1n) is 14.2. The van der Waals surface area contributed by atoms with Gasteiger partial charge in [-0.25, -0.2) is 9.18 Å². The molecule has 0 spiro atoms. The van der Waals surface area contributed by atoms with E-state index in [1.54, 1.807) is 30.2 Å². The van der Waals surface area contributed by atoms with Gasteiger partial charge in [-0.2, -0.15) is 0 Å². The quantitative estimate of drug-likeness (QED) is 0.372. The molecule has 1 aliphatic rings. The number of nitrogens with one attached hydrogen (secondary N) is 1. The van der Waals surface area contributed by atoms with Crippen molar-refractivity contribution in [3.8, 4) is 5.75 Å². The minimum atomic E-state index is -0.448. The van der Waals surface area contributed by atoms with Crippen molar-refractivity contribution in [2.45, 2.75) is 40.5 Å². The highest BCUT2D eigenvalue weighted by Gasteiger charge is 2.24. The number of rotatable bonds is 11. The highest BCUT2D eigenvalue weighted by atomic mass is 19.1. The number of methoxy groups -OCH3 is 1. The molecule has 1 saturated heterocycles. The number of benzene rings is 2. The van der Waals surface area contributed by atoms with E-state index in [1.165, 1.54) is 6.07 Å². The fourth-order valence-electron chi connectivity index (χ4n) is 5.17. The van der Waals surface area contributed by atoms with Gasteiger partial charge in [0.2, 0.25) is 5.91 Å². The number of nitrogens with zero attached hydrogens (tertiary/aromatic N) is 3. The molecule has 0 aliphatic carbocycles. The number of para-hydroxylation sites is 2. The zero-order chi connectivity index (χ0) is 29.1. The largest absolute Gasteiger partial charge is 0.496 e. The normalized spacial score (nSPS) is 15.2. The molecule has 2 aromatic carbocycles. The summed E-state index contributed by atoms with van der Waals surface area (Å²) in [5.41, 5.74) is 1.33. The van der Waals surface area contributed by atoms with Crippen LogP contribution >= 0.6 is 0 Å². The molecule has 7 nitrogen and oxygen atoms in total. The minimum absolute atomic E-state index is 0.157. The molecule has 1 unspecified atom stereocenters. The second-order valence-electron chi connectivity index (χ2n) is 11.8. The first-order chi connectivity index (χ1) is 19.1. The Morgan fingerprint density at radius 3 is 2.42 bits per heavy atom. The lowest BCUT2D eigenvalue weighted by Gasteiger charge is -2.36. The first kappa shape index (κ1) is 31.1. The molecular formula is C32H45FN4O3. The van der Waals surface area contributed by atoms with Gasteiger partial charge >= 0.3 is 6.03 Å². The molecule has 1 heterocycles. The van der Waals surface area contributed by atoms with Crippen LogP contribution in [0.25, 0.3) is 6.08 Å². The maximum Gasteiger partial charge on any atom is 0.322 e. The summed E-state index contributed by atoms with van der Waals surface area (Å²) >= 11 is 0. The van der Waals surface area contributed by atoms with E-state index in [9.17, 15) is 14.0 Å². The number of anilines is 1. The molecular weight excluding hydrogens is 507 g/mol. The summed E-state index contributed by atoms with van der Waals surface area (Å²) in [7, 11) is 1.66. The van der Waals surface area contributed by atoms with Gasteiger partial charge in [0.1, 0.15) is 11.6 Å². The summed E-state index contributed by atoms with van der Waals surface area (Å²) in [5, 5.41) is 2.66. The van der Waals surface area contributed by atoms with Gasteiger partial charge in [-0.1, -0.05) is 70.2 Å². The number of piperazine rings is 1. The smallest absolute Gasteiger partial charge is 0.322 e. The number of urea groups is 1. The lowest BCUT2D eigenvalue weighted by molar-refractivity contribution is -0.132. The average molecular weight is 553 g/mol. The maximum atomic E-state index is 13.9. The van der Waals surface area contributed by atoms with Gasteiger partial charge in [-0.3, -0.25) is 9.69 Å². The zero-order valence-corrected chi connectivity index (χ0v) is 24.7. The highest BCUT2D eigenvalue weighted by Crippen LogP contribution is 2.26. The van der Waals surface area contributed by atoms with Crippen LogP contribution in [0.3, 0.4) is 0 Å². The summed E-state index contributed by atoms with van der Waals surface area (Å²) in [6.45, 7) is 13.1. The summed E-state index contributed by atoms with van der Waals surface area (Å²) in [5.74, 6) is 0.803. The van der Waals surface area contributed by atoms with Crippen molar-refractivity contribution in [3.05, 3.63) is 66.0 Å². The van der Waals surface area contributed by atoms with Crippen molar-refractivity contribution in [1.82, 2.24) is 14.7 Å². The van der Waals surface area contributed by atoms with Crippen molar-refractivity contribution >= 4 is 23.7 Å². The maximum absolute atomic E-state index is 13.9. The second-order valence-corrected chi connectivity index (χ2v) is 11.8. The number of hydrogen-bond donors (Lipinski definition) is 1. The highest BCUT2D eigenvalue weighted by molar-refractivity contribution is 5.89. The Kier molecular flexibility index (Phi) is 11.6. The van der Waals surface area contributed by atoms with Crippen molar-refractivity contribution in [2.24, 2.45) is 11.3 Å². The molecule has 2 aromatic rings. The van der Waals surface area contributed by atoms with Gasteiger partial charge in [0.05, 0.1) is 12.8 Å². The van der Waals surface area contributed by atoms with Crippen LogP contribution in [0.15, 0.2) is 54.6 Å². The van der Waals surface area contributed by atoms with Crippen LogP contribution < -0.4 is 10.1 Å². The number of halogens is 1. The Labute approximate surface area is 239 Å². The van der Waals surface area contributed by atoms with E-state index in [2.05, 4.69) is 37.9 Å². The summed E-state index contributed by atoms with van der Waals surface area (Å²) in [6.07, 6.45) is 5.53. The zero-order valence-electron chi connectivity index (χ0n) is 24.7. The molecule has 3 rings (SSSR count). The average Bonchev–Trinajstić information content (AvgIpc) is 2.91. The molecule has 1 fully saturated rings. The molecule has 8 heteroatoms. The van der Waals surface area contributed by atoms with Gasteiger partial charge in [0.25, 0.3) is 0 Å². The fraction of sp³-hybridized carbons (Fsp3) is 0.500. The molecule has 1 aliphatic heterocycles. The second kappa shape index (κ2) is 14.8. The van der Waals surface area contributed by atoms with Gasteiger partial charge < -0.3 is 19.9 Å². The van der Waals surface area contributed by atoms with E-state index in [1.807, 2.05) is 41.3 Å². The van der Waals surface area contributed by atoms with E-state index >= 15 is 0 Å². The third-order valence-corrected chi connectivity index (χ3v) is 7.06. The molecule has 40 heavy (non-hydrogen) atoms. The predicted octanol–water partition coefficient (Wildman–Crippen LogP) is 5.99. The Morgan fingerprint density at radius 2 is 1.75 bits per heavy atom. The fourth-order valence-corrected chi connectivity index (χ4v) is 5.17. The monoisotopic (exact) mass is 552 g/mol. The van der Waals surface area contributed by atoms with Crippen LogP contribution in [-0.2, 0) is 4.79 Å². The van der Waals surface area contributed by atoms with Crippen molar-refractivity contribution in [1.29, 1.82) is 0 Å². The van der Waals surface area contributed by atoms with Crippen LogP contribution in [0.5, 0.6) is 5.75 Å². The van der Waals surface area contributed by atoms with Gasteiger partial charge in [0, 0.05) is 57.8 Å². The number of carbonyl (C=O) groups excluding carboxylic acids is 2. The molecule has 0 saturated carbocycles. The van der Waals surface area contributed by atoms with Crippen LogP contribution in [-0.4, -0.2) is 79.6 Å². The summed E-state index contributed by atoms with van der Waals surface area (Å²) in [6, 6.07) is 13.7. The Morgan fingerprint density at radius 1 is 1.07 bits per heavy atom. The van der Waals surface area contributed by atoms with Crippen molar-refractivity contribution < 1.29 is 18.7 Å². The van der Waals surface area contributed by atoms with E-state index in [0.717, 1.165) is 24.3 Å². The Hall–Kier alpha value is -3.39. The van der Waals surface area contributed by atoms with E-state index in [4.69, 9.17) is 4.74 Å². The van der Waals surface area contributed by atoms with Crippen molar-refractivity contribution in [3.63, 3.8) is 0 Å². The van der Waals surface area contributed by atoms with Crippen LogP contribution in [0, 0.1) is 17.2 Å². The summed E-state index contributed by atoms with van der Waals surface area (Å²) in [4.78, 5) is 31.9. The van der Waals surface area contributed by atoms with Crippen LogP contribution in [0.2, 0.25) is 0 Å². The lowest BCUT2D eigenvalue weighted by Crippen LogP contribution is -2.51. The van der Waals surface area contributed by atoms with E-state index < -0.39 is 5.82 Å². The molecule has 1 atom stereocenters. The molecule has 1 N–H and O–H groups in total. The van der Waals surface area contributed by atoms with Crippen LogP contribution in [0.1, 0.15) is 46.1 Å². The molecule has 3 amide bonds. The van der Waals surface area contributed by atoms with E-state index in [0.29, 0.717) is 51.6 Å². The topological polar surface area (TPSA) is 65.1 Å².